The van der Waals surface area contributed by atoms with Gasteiger partial charge < -0.3 is 18.4 Å². The number of nitrogens with zero attached hydrogens (tertiary/aromatic N) is 4. The van der Waals surface area contributed by atoms with Crippen LogP contribution in [-0.2, 0) is 20.1 Å². The molecule has 0 saturated carbocycles. The molecule has 0 spiro atoms. The van der Waals surface area contributed by atoms with Crippen LogP contribution >= 0.6 is 0 Å². The number of fused-ring (bicyclic) bond motifs is 6. The van der Waals surface area contributed by atoms with Gasteiger partial charge in [0.05, 0.1) is 28.0 Å². The Kier molecular flexibility index (Phi) is 10.5. The Hall–Kier alpha value is -6.14. The van der Waals surface area contributed by atoms with E-state index in [-0.39, 0.29) is 20.1 Å². The number of rotatable bonds is 6. The summed E-state index contributed by atoms with van der Waals surface area (Å²) in [6, 6.07) is 51.7. The molecule has 0 fully saturated rings. The van der Waals surface area contributed by atoms with Crippen LogP contribution in [0.25, 0.3) is 83.9 Å². The number of oxazole rings is 1. The number of hydrogen-bond acceptors (Lipinski definition) is 5. The third kappa shape index (κ3) is 6.99. The van der Waals surface area contributed by atoms with Crippen molar-refractivity contribution in [1.82, 2.24) is 19.5 Å². The van der Waals surface area contributed by atoms with Gasteiger partial charge in [-0.25, -0.2) is 0 Å². The molecule has 10 rings (SSSR count). The standard InChI is InChI=1S/C39H32N3O2.C11H8N.Ir/c1-22(2)26-14-11-15-27(23(3)4)36(26)42-31-17-10-9-16-30(31)40-38(42)29-21-33-35(41-39(44-33)25-12-7-6-8-13-25)34-28-19-18-24(5)20-32(28)43-37(29)34;1-2-6-10(7-3-1)11-8-4-5-9-12-11;/h6-20,22-23H,1-5H3;1-6,8-9H;/q2*-1;. The van der Waals surface area contributed by atoms with Crippen LogP contribution in [0, 0.1) is 19.1 Å². The van der Waals surface area contributed by atoms with E-state index in [0.717, 1.165) is 72.4 Å². The van der Waals surface area contributed by atoms with E-state index >= 15 is 0 Å². The first kappa shape index (κ1) is 37.8. The van der Waals surface area contributed by atoms with Crippen LogP contribution in [-0.4, -0.2) is 19.5 Å². The minimum atomic E-state index is 0. The van der Waals surface area contributed by atoms with Crippen LogP contribution < -0.4 is 0 Å². The minimum absolute atomic E-state index is 0. The van der Waals surface area contributed by atoms with E-state index in [9.17, 15) is 0 Å². The van der Waals surface area contributed by atoms with Crippen molar-refractivity contribution in [3.05, 3.63) is 168 Å². The molecule has 0 saturated heterocycles. The Morgan fingerprint density at radius 1 is 0.702 bits per heavy atom. The average Bonchev–Trinajstić information content (AvgIpc) is 3.94. The molecule has 4 aromatic heterocycles. The topological polar surface area (TPSA) is 69.9 Å². The molecule has 1 radical (unpaired) electrons. The number of furan rings is 1. The number of pyridine rings is 1. The molecule has 4 heterocycles. The fraction of sp³-hybridized carbons (Fsp3) is 0.140. The second-order valence-electron chi connectivity index (χ2n) is 14.7. The molecule has 283 valence electrons. The van der Waals surface area contributed by atoms with Crippen LogP contribution in [0.1, 0.15) is 56.2 Å². The van der Waals surface area contributed by atoms with Crippen molar-refractivity contribution < 1.29 is 28.9 Å². The van der Waals surface area contributed by atoms with Gasteiger partial charge in [-0.05, 0) is 82.9 Å². The zero-order valence-electron chi connectivity index (χ0n) is 32.4. The molecular formula is C50H40IrN4O2-2. The van der Waals surface area contributed by atoms with Crippen molar-refractivity contribution in [3.8, 4) is 39.8 Å². The van der Waals surface area contributed by atoms with E-state index in [1.165, 1.54) is 11.1 Å². The summed E-state index contributed by atoms with van der Waals surface area (Å²) in [4.78, 5) is 14.5. The van der Waals surface area contributed by atoms with Gasteiger partial charge in [0, 0.05) is 48.5 Å². The summed E-state index contributed by atoms with van der Waals surface area (Å²) in [5.74, 6) is 1.93. The molecular weight excluding hydrogens is 881 g/mol. The summed E-state index contributed by atoms with van der Waals surface area (Å²) in [5.41, 5.74) is 13.3. The number of para-hydroxylation sites is 3. The molecule has 0 aliphatic carbocycles. The zero-order chi connectivity index (χ0) is 38.3. The molecule has 0 atom stereocenters. The Morgan fingerprint density at radius 3 is 2.16 bits per heavy atom. The van der Waals surface area contributed by atoms with Crippen molar-refractivity contribution in [1.29, 1.82) is 0 Å². The molecule has 6 nitrogen and oxygen atoms in total. The summed E-state index contributed by atoms with van der Waals surface area (Å²) < 4.78 is 15.5. The zero-order valence-corrected chi connectivity index (χ0v) is 34.8. The Labute approximate surface area is 345 Å². The van der Waals surface area contributed by atoms with Crippen molar-refractivity contribution in [2.75, 3.05) is 0 Å². The number of aryl methyl sites for hydroxylation is 1. The van der Waals surface area contributed by atoms with Crippen LogP contribution in [0.15, 0.2) is 148 Å². The van der Waals surface area contributed by atoms with Gasteiger partial charge in [-0.15, -0.1) is 35.9 Å². The normalized spacial score (nSPS) is 11.4. The summed E-state index contributed by atoms with van der Waals surface area (Å²) in [6.07, 6.45) is 1.79. The van der Waals surface area contributed by atoms with Gasteiger partial charge in [0.25, 0.3) is 0 Å². The Bertz CT molecular complexity index is 2920. The molecule has 0 unspecified atom stereocenters. The van der Waals surface area contributed by atoms with Crippen LogP contribution in [0.2, 0.25) is 0 Å². The predicted molar refractivity (Wildman–Crippen MR) is 227 cm³/mol. The largest absolute Gasteiger partial charge is 0.500 e. The number of benzene rings is 6. The molecule has 7 heteroatoms. The Morgan fingerprint density at radius 2 is 1.44 bits per heavy atom. The maximum atomic E-state index is 6.72. The molecule has 10 aromatic rings. The summed E-state index contributed by atoms with van der Waals surface area (Å²) in [5, 5.41) is 1.90. The quantitative estimate of drug-likeness (QED) is 0.155. The van der Waals surface area contributed by atoms with Crippen LogP contribution in [0.5, 0.6) is 0 Å². The monoisotopic (exact) mass is 921 g/mol. The average molecular weight is 921 g/mol. The van der Waals surface area contributed by atoms with Crippen molar-refractivity contribution in [3.63, 3.8) is 0 Å². The van der Waals surface area contributed by atoms with Gasteiger partial charge >= 0.3 is 0 Å². The number of imidazole rings is 1. The van der Waals surface area contributed by atoms with Crippen molar-refractivity contribution in [2.24, 2.45) is 0 Å². The van der Waals surface area contributed by atoms with Gasteiger partial charge in [0.1, 0.15) is 5.58 Å². The first-order valence-electron chi connectivity index (χ1n) is 19.1. The maximum Gasteiger partial charge on any atom is 0.215 e. The fourth-order valence-corrected chi connectivity index (χ4v) is 7.49. The molecule has 0 bridgehead atoms. The molecule has 0 aliphatic rings. The molecule has 0 aliphatic heterocycles. The fourth-order valence-electron chi connectivity index (χ4n) is 7.49. The Balaban J connectivity index is 0.000000300. The van der Waals surface area contributed by atoms with E-state index in [1.54, 1.807) is 6.20 Å². The van der Waals surface area contributed by atoms with Gasteiger partial charge in [-0.3, -0.25) is 9.97 Å². The first-order chi connectivity index (χ1) is 27.4. The predicted octanol–water partition coefficient (Wildman–Crippen LogP) is 13.3. The minimum Gasteiger partial charge on any atom is -0.500 e. The van der Waals surface area contributed by atoms with Gasteiger partial charge in [-0.2, -0.15) is 0 Å². The van der Waals surface area contributed by atoms with Crippen LogP contribution in [0.3, 0.4) is 0 Å². The van der Waals surface area contributed by atoms with Crippen molar-refractivity contribution >= 4 is 44.1 Å². The molecule has 0 N–H and O–H groups in total. The molecule has 57 heavy (non-hydrogen) atoms. The van der Waals surface area contributed by atoms with E-state index in [2.05, 4.69) is 111 Å². The number of aromatic nitrogens is 4. The van der Waals surface area contributed by atoms with E-state index in [1.807, 2.05) is 78.9 Å². The maximum absolute atomic E-state index is 6.72. The van der Waals surface area contributed by atoms with Crippen LogP contribution in [0.4, 0.5) is 0 Å². The second-order valence-corrected chi connectivity index (χ2v) is 14.7. The van der Waals surface area contributed by atoms with E-state index in [0.29, 0.717) is 28.9 Å². The van der Waals surface area contributed by atoms with Crippen molar-refractivity contribution in [2.45, 2.75) is 46.5 Å². The SMILES string of the molecule is Cc1ccc2c(c1)oc1c(-c3nc4ccccc4n3-c3c(C(C)C)cccc3C(C)C)[c-]c3oc(-c4ccccc4)nc3c12.[Ir].[c-]1ccccc1-c1ccccn1. The van der Waals surface area contributed by atoms with E-state index < -0.39 is 0 Å². The number of hydrogen-bond donors (Lipinski definition) is 0. The molecule has 0 amide bonds. The second kappa shape index (κ2) is 15.8. The summed E-state index contributed by atoms with van der Waals surface area (Å²) in [7, 11) is 0. The van der Waals surface area contributed by atoms with Gasteiger partial charge in [0.15, 0.2) is 0 Å². The third-order valence-electron chi connectivity index (χ3n) is 10.2. The van der Waals surface area contributed by atoms with Gasteiger partial charge in [-0.1, -0.05) is 112 Å². The smallest absolute Gasteiger partial charge is 0.215 e. The summed E-state index contributed by atoms with van der Waals surface area (Å²) in [6.45, 7) is 11.1. The van der Waals surface area contributed by atoms with E-state index in [4.69, 9.17) is 18.8 Å². The summed E-state index contributed by atoms with van der Waals surface area (Å²) >= 11 is 0. The van der Waals surface area contributed by atoms with Gasteiger partial charge in [0.2, 0.25) is 5.89 Å². The third-order valence-corrected chi connectivity index (χ3v) is 10.2. The molecule has 6 aromatic carbocycles. The first-order valence-corrected chi connectivity index (χ1v) is 19.1.